The number of ether oxygens (including phenoxy) is 2. The Morgan fingerprint density at radius 3 is 2.76 bits per heavy atom. The molecular weight excluding hydrogens is 238 g/mol. The van der Waals surface area contributed by atoms with Crippen LogP contribution in [0.1, 0.15) is 18.1 Å². The van der Waals surface area contributed by atoms with E-state index in [2.05, 4.69) is 12.6 Å². The van der Waals surface area contributed by atoms with E-state index in [0.717, 1.165) is 0 Å². The Hall–Kier alpha value is -1.67. The van der Waals surface area contributed by atoms with Crippen LogP contribution in [0.25, 0.3) is 0 Å². The quantitative estimate of drug-likeness (QED) is 0.656. The second-order valence-electron chi connectivity index (χ2n) is 3.28. The van der Waals surface area contributed by atoms with E-state index in [1.54, 1.807) is 19.1 Å². The zero-order chi connectivity index (χ0) is 12.8. The van der Waals surface area contributed by atoms with Gasteiger partial charge in [-0.15, -0.1) is 12.6 Å². The van der Waals surface area contributed by atoms with Gasteiger partial charge in [-0.1, -0.05) is 0 Å². The van der Waals surface area contributed by atoms with Gasteiger partial charge >= 0.3 is 5.97 Å². The number of nitrogens with zero attached hydrogens (tertiary/aromatic N) is 1. The largest absolute Gasteiger partial charge is 0.496 e. The van der Waals surface area contributed by atoms with E-state index >= 15 is 0 Å². The summed E-state index contributed by atoms with van der Waals surface area (Å²) in [5.41, 5.74) is 1.06. The Balaban J connectivity index is 3.06. The topological polar surface area (TPSA) is 59.3 Å². The summed E-state index contributed by atoms with van der Waals surface area (Å²) in [6, 6.07) is 5.20. The van der Waals surface area contributed by atoms with Crippen LogP contribution in [0, 0.1) is 11.3 Å². The second-order valence-corrected chi connectivity index (χ2v) is 3.73. The smallest absolute Gasteiger partial charge is 0.310 e. The van der Waals surface area contributed by atoms with Crippen molar-refractivity contribution in [1.82, 2.24) is 0 Å². The first-order chi connectivity index (χ1) is 8.12. The highest BCUT2D eigenvalue weighted by atomic mass is 32.1. The standard InChI is InChI=1S/C12H13NO3S/c1-3-16-11(14)6-9-4-8(7-13)5-10(15-2)12(9)17/h4-5,17H,3,6H2,1-2H3. The van der Waals surface area contributed by atoms with Crippen LogP contribution in [0.5, 0.6) is 5.75 Å². The Morgan fingerprint density at radius 1 is 1.53 bits per heavy atom. The monoisotopic (exact) mass is 251 g/mol. The van der Waals surface area contributed by atoms with Gasteiger partial charge in [-0.2, -0.15) is 5.26 Å². The zero-order valence-electron chi connectivity index (χ0n) is 9.69. The molecule has 0 heterocycles. The van der Waals surface area contributed by atoms with Crippen molar-refractivity contribution >= 4 is 18.6 Å². The fourth-order valence-electron chi connectivity index (χ4n) is 1.39. The van der Waals surface area contributed by atoms with Crippen LogP contribution >= 0.6 is 12.6 Å². The van der Waals surface area contributed by atoms with Crippen LogP contribution in [0.15, 0.2) is 17.0 Å². The van der Waals surface area contributed by atoms with Crippen molar-refractivity contribution in [3.8, 4) is 11.8 Å². The molecule has 0 saturated carbocycles. The van der Waals surface area contributed by atoms with Crippen molar-refractivity contribution in [2.45, 2.75) is 18.2 Å². The lowest BCUT2D eigenvalue weighted by Gasteiger charge is -2.10. The number of carbonyl (C=O) groups excluding carboxylic acids is 1. The molecule has 0 fully saturated rings. The maximum Gasteiger partial charge on any atom is 0.310 e. The molecule has 0 atom stereocenters. The van der Waals surface area contributed by atoms with Gasteiger partial charge in [0.2, 0.25) is 0 Å². The van der Waals surface area contributed by atoms with Crippen LogP contribution in [0.4, 0.5) is 0 Å². The van der Waals surface area contributed by atoms with Crippen molar-refractivity contribution < 1.29 is 14.3 Å². The van der Waals surface area contributed by atoms with E-state index in [-0.39, 0.29) is 12.4 Å². The van der Waals surface area contributed by atoms with Crippen molar-refractivity contribution in [2.75, 3.05) is 13.7 Å². The number of benzene rings is 1. The van der Waals surface area contributed by atoms with Gasteiger partial charge in [-0.3, -0.25) is 4.79 Å². The number of hydrogen-bond donors (Lipinski definition) is 1. The first-order valence-corrected chi connectivity index (χ1v) is 5.52. The third kappa shape index (κ3) is 3.40. The Kier molecular flexibility index (Phi) is 4.85. The highest BCUT2D eigenvalue weighted by Gasteiger charge is 2.12. The molecule has 1 aromatic rings. The van der Waals surface area contributed by atoms with Gasteiger partial charge in [0.15, 0.2) is 0 Å². The number of nitriles is 1. The maximum absolute atomic E-state index is 11.4. The van der Waals surface area contributed by atoms with E-state index in [0.29, 0.717) is 28.4 Å². The molecule has 90 valence electrons. The molecule has 0 saturated heterocycles. The minimum absolute atomic E-state index is 0.0819. The summed E-state index contributed by atoms with van der Waals surface area (Å²) in [6.45, 7) is 2.07. The van der Waals surface area contributed by atoms with Crippen molar-refractivity contribution in [2.24, 2.45) is 0 Å². The molecule has 0 bridgehead atoms. The molecule has 1 aromatic carbocycles. The normalized spacial score (nSPS) is 9.53. The average Bonchev–Trinajstić information content (AvgIpc) is 2.32. The summed E-state index contributed by atoms with van der Waals surface area (Å²) in [4.78, 5) is 11.9. The van der Waals surface area contributed by atoms with E-state index in [1.165, 1.54) is 7.11 Å². The molecule has 0 aliphatic heterocycles. The molecule has 1 rings (SSSR count). The minimum Gasteiger partial charge on any atom is -0.496 e. The second kappa shape index (κ2) is 6.16. The summed E-state index contributed by atoms with van der Waals surface area (Å²) >= 11 is 4.28. The molecule has 4 nitrogen and oxygen atoms in total. The van der Waals surface area contributed by atoms with Gasteiger partial charge < -0.3 is 9.47 Å². The molecule has 5 heteroatoms. The number of methoxy groups -OCH3 is 1. The third-order valence-corrected chi connectivity index (χ3v) is 2.65. The third-order valence-electron chi connectivity index (χ3n) is 2.14. The van der Waals surface area contributed by atoms with Crippen LogP contribution in [-0.2, 0) is 16.0 Å². The van der Waals surface area contributed by atoms with Crippen LogP contribution in [-0.4, -0.2) is 19.7 Å². The predicted octanol–water partition coefficient (Wildman–Crippen LogP) is 1.96. The summed E-state index contributed by atoms with van der Waals surface area (Å²) in [5.74, 6) is 0.131. The summed E-state index contributed by atoms with van der Waals surface area (Å²) < 4.78 is 9.94. The Bertz CT molecular complexity index is 466. The van der Waals surface area contributed by atoms with Gasteiger partial charge in [0.25, 0.3) is 0 Å². The van der Waals surface area contributed by atoms with Crippen molar-refractivity contribution in [3.63, 3.8) is 0 Å². The number of esters is 1. The Morgan fingerprint density at radius 2 is 2.24 bits per heavy atom. The Labute approximate surface area is 106 Å². The van der Waals surface area contributed by atoms with Crippen LogP contribution < -0.4 is 4.74 Å². The van der Waals surface area contributed by atoms with E-state index in [9.17, 15) is 4.79 Å². The van der Waals surface area contributed by atoms with Crippen molar-refractivity contribution in [3.05, 3.63) is 23.3 Å². The fourth-order valence-corrected chi connectivity index (χ4v) is 1.69. The predicted molar refractivity (Wildman–Crippen MR) is 65.3 cm³/mol. The molecule has 0 unspecified atom stereocenters. The van der Waals surface area contributed by atoms with E-state index in [1.807, 2.05) is 6.07 Å². The van der Waals surface area contributed by atoms with E-state index < -0.39 is 0 Å². The first kappa shape index (κ1) is 13.4. The molecule has 0 aromatic heterocycles. The van der Waals surface area contributed by atoms with Gasteiger partial charge in [0.05, 0.1) is 36.7 Å². The summed E-state index contributed by atoms with van der Waals surface area (Å²) in [5, 5.41) is 8.86. The molecule has 0 aliphatic rings. The molecule has 0 spiro atoms. The lowest BCUT2D eigenvalue weighted by atomic mass is 10.1. The highest BCUT2D eigenvalue weighted by molar-refractivity contribution is 7.80. The summed E-state index contributed by atoms with van der Waals surface area (Å²) in [7, 11) is 1.49. The highest BCUT2D eigenvalue weighted by Crippen LogP contribution is 2.28. The van der Waals surface area contributed by atoms with Gasteiger partial charge in [0, 0.05) is 0 Å². The molecule has 0 amide bonds. The zero-order valence-corrected chi connectivity index (χ0v) is 10.6. The van der Waals surface area contributed by atoms with Gasteiger partial charge in [-0.05, 0) is 24.6 Å². The SMILES string of the molecule is CCOC(=O)Cc1cc(C#N)cc(OC)c1S. The number of hydrogen-bond acceptors (Lipinski definition) is 5. The van der Waals surface area contributed by atoms with Gasteiger partial charge in [-0.25, -0.2) is 0 Å². The lowest BCUT2D eigenvalue weighted by Crippen LogP contribution is -2.08. The fraction of sp³-hybridized carbons (Fsp3) is 0.333. The lowest BCUT2D eigenvalue weighted by molar-refractivity contribution is -0.142. The molecular formula is C12H13NO3S. The van der Waals surface area contributed by atoms with Gasteiger partial charge in [0.1, 0.15) is 5.75 Å². The number of rotatable bonds is 4. The molecule has 0 N–H and O–H groups in total. The van der Waals surface area contributed by atoms with E-state index in [4.69, 9.17) is 14.7 Å². The number of thiol groups is 1. The molecule has 17 heavy (non-hydrogen) atoms. The average molecular weight is 251 g/mol. The van der Waals surface area contributed by atoms with Crippen LogP contribution in [0.2, 0.25) is 0 Å². The first-order valence-electron chi connectivity index (χ1n) is 5.08. The number of carbonyl (C=O) groups is 1. The molecule has 0 aliphatic carbocycles. The maximum atomic E-state index is 11.4. The minimum atomic E-state index is -0.347. The summed E-state index contributed by atoms with van der Waals surface area (Å²) in [6.07, 6.45) is 0.0819. The van der Waals surface area contributed by atoms with Crippen LogP contribution in [0.3, 0.4) is 0 Å². The van der Waals surface area contributed by atoms with Crippen molar-refractivity contribution in [1.29, 1.82) is 5.26 Å². The molecule has 0 radical (unpaired) electrons.